The first-order valence-electron chi connectivity index (χ1n) is 7.25. The van der Waals surface area contributed by atoms with Crippen LogP contribution in [0.2, 0.25) is 0 Å². The standard InChI is InChI=1S/C17H17FN2O3S/c1-2-22-15-9-11(16(21)20-17(19)24)7-8-14(15)23-10-12-5-3-4-6-13(12)18/h3-9H,2,10H2,1H3,(H3,19,20,21,24). The normalized spacial score (nSPS) is 10.1. The molecule has 1 amide bonds. The van der Waals surface area contributed by atoms with Crippen LogP contribution in [0.25, 0.3) is 0 Å². The van der Waals surface area contributed by atoms with Crippen LogP contribution in [0.1, 0.15) is 22.8 Å². The van der Waals surface area contributed by atoms with E-state index in [4.69, 9.17) is 15.2 Å². The minimum absolute atomic E-state index is 0.0468. The maximum atomic E-state index is 13.6. The van der Waals surface area contributed by atoms with Crippen molar-refractivity contribution in [3.8, 4) is 11.5 Å². The number of benzene rings is 2. The molecule has 126 valence electrons. The molecule has 0 aliphatic carbocycles. The summed E-state index contributed by atoms with van der Waals surface area (Å²) in [5, 5.41) is 2.22. The fourth-order valence-electron chi connectivity index (χ4n) is 1.99. The molecule has 0 bridgehead atoms. The van der Waals surface area contributed by atoms with E-state index in [1.54, 1.807) is 30.3 Å². The third kappa shape index (κ3) is 4.66. The van der Waals surface area contributed by atoms with E-state index in [9.17, 15) is 9.18 Å². The van der Waals surface area contributed by atoms with Crippen molar-refractivity contribution in [2.75, 3.05) is 6.61 Å². The maximum Gasteiger partial charge on any atom is 0.257 e. The smallest absolute Gasteiger partial charge is 0.257 e. The van der Waals surface area contributed by atoms with Gasteiger partial charge in [-0.1, -0.05) is 18.2 Å². The zero-order chi connectivity index (χ0) is 17.5. The van der Waals surface area contributed by atoms with Crippen molar-refractivity contribution < 1.29 is 18.7 Å². The minimum Gasteiger partial charge on any atom is -0.490 e. The molecule has 24 heavy (non-hydrogen) atoms. The van der Waals surface area contributed by atoms with Crippen molar-refractivity contribution in [1.82, 2.24) is 5.32 Å². The van der Waals surface area contributed by atoms with Crippen LogP contribution in [0.5, 0.6) is 11.5 Å². The Morgan fingerprint density at radius 2 is 1.96 bits per heavy atom. The molecule has 7 heteroatoms. The lowest BCUT2D eigenvalue weighted by atomic mass is 10.2. The molecule has 0 aromatic heterocycles. The third-order valence-electron chi connectivity index (χ3n) is 3.08. The molecule has 0 heterocycles. The van der Waals surface area contributed by atoms with E-state index in [-0.39, 0.29) is 17.5 Å². The first-order valence-corrected chi connectivity index (χ1v) is 7.66. The van der Waals surface area contributed by atoms with Gasteiger partial charge in [0.15, 0.2) is 16.6 Å². The number of rotatable bonds is 6. The number of nitrogens with one attached hydrogen (secondary N) is 1. The molecule has 0 saturated carbocycles. The second kappa shape index (κ2) is 8.26. The first kappa shape index (κ1) is 17.7. The van der Waals surface area contributed by atoms with E-state index >= 15 is 0 Å². The van der Waals surface area contributed by atoms with Gasteiger partial charge in [-0.15, -0.1) is 0 Å². The van der Waals surface area contributed by atoms with Gasteiger partial charge in [0.1, 0.15) is 12.4 Å². The Balaban J connectivity index is 2.18. The molecule has 0 saturated heterocycles. The van der Waals surface area contributed by atoms with Gasteiger partial charge in [-0.25, -0.2) is 4.39 Å². The number of hydrogen-bond donors (Lipinski definition) is 2. The SMILES string of the molecule is CCOc1cc(C(=O)NC(N)=S)ccc1OCc1ccccc1F. The molecule has 2 rings (SSSR count). The van der Waals surface area contributed by atoms with Gasteiger partial charge in [-0.2, -0.15) is 0 Å². The van der Waals surface area contributed by atoms with E-state index in [0.717, 1.165) is 0 Å². The molecule has 0 unspecified atom stereocenters. The lowest BCUT2D eigenvalue weighted by Gasteiger charge is -2.13. The van der Waals surface area contributed by atoms with Crippen LogP contribution < -0.4 is 20.5 Å². The van der Waals surface area contributed by atoms with Gasteiger partial charge in [-0.05, 0) is 43.4 Å². The average Bonchev–Trinajstić information content (AvgIpc) is 2.54. The van der Waals surface area contributed by atoms with Crippen LogP contribution in [0, 0.1) is 5.82 Å². The number of amides is 1. The summed E-state index contributed by atoms with van der Waals surface area (Å²) in [4.78, 5) is 11.9. The fourth-order valence-corrected chi connectivity index (χ4v) is 2.08. The Kier molecular flexibility index (Phi) is 6.08. The van der Waals surface area contributed by atoms with Gasteiger partial charge in [0, 0.05) is 11.1 Å². The summed E-state index contributed by atoms with van der Waals surface area (Å²) in [6.45, 7) is 2.24. The number of carbonyl (C=O) groups is 1. The maximum absolute atomic E-state index is 13.6. The number of nitrogens with two attached hydrogens (primary N) is 1. The van der Waals surface area contributed by atoms with Crippen LogP contribution in [-0.4, -0.2) is 17.6 Å². The topological polar surface area (TPSA) is 73.6 Å². The van der Waals surface area contributed by atoms with Crippen LogP contribution in [0.3, 0.4) is 0 Å². The number of halogens is 1. The molecule has 2 aromatic rings. The second-order valence-corrected chi connectivity index (χ2v) is 5.23. The van der Waals surface area contributed by atoms with Crippen molar-refractivity contribution in [3.05, 3.63) is 59.4 Å². The number of carbonyl (C=O) groups excluding carboxylic acids is 1. The van der Waals surface area contributed by atoms with Gasteiger partial charge in [-0.3, -0.25) is 10.1 Å². The van der Waals surface area contributed by atoms with E-state index in [1.165, 1.54) is 12.1 Å². The lowest BCUT2D eigenvalue weighted by Crippen LogP contribution is -2.34. The summed E-state index contributed by atoms with van der Waals surface area (Å²) in [7, 11) is 0. The molecule has 0 atom stereocenters. The molecule has 3 N–H and O–H groups in total. The molecule has 0 radical (unpaired) electrons. The lowest BCUT2D eigenvalue weighted by molar-refractivity contribution is 0.0977. The number of ether oxygens (including phenoxy) is 2. The summed E-state index contributed by atoms with van der Waals surface area (Å²) in [6.07, 6.45) is 0. The van der Waals surface area contributed by atoms with Gasteiger partial charge in [0.2, 0.25) is 0 Å². The largest absolute Gasteiger partial charge is 0.490 e. The van der Waals surface area contributed by atoms with Crippen molar-refractivity contribution in [2.45, 2.75) is 13.5 Å². The molecular weight excluding hydrogens is 331 g/mol. The Morgan fingerprint density at radius 3 is 2.62 bits per heavy atom. The van der Waals surface area contributed by atoms with Crippen LogP contribution in [0.15, 0.2) is 42.5 Å². The first-order chi connectivity index (χ1) is 11.5. The Morgan fingerprint density at radius 1 is 1.21 bits per heavy atom. The number of hydrogen-bond acceptors (Lipinski definition) is 4. The monoisotopic (exact) mass is 348 g/mol. The number of thiocarbonyl (C=S) groups is 1. The highest BCUT2D eigenvalue weighted by Crippen LogP contribution is 2.29. The quantitative estimate of drug-likeness (QED) is 0.786. The summed E-state index contributed by atoms with van der Waals surface area (Å²) < 4.78 is 24.8. The fraction of sp³-hybridized carbons (Fsp3) is 0.176. The molecular formula is C17H17FN2O3S. The van der Waals surface area contributed by atoms with E-state index in [0.29, 0.717) is 29.2 Å². The molecule has 0 fully saturated rings. The van der Waals surface area contributed by atoms with Crippen LogP contribution >= 0.6 is 12.2 Å². The Labute approximate surface area is 144 Å². The second-order valence-electron chi connectivity index (χ2n) is 4.79. The van der Waals surface area contributed by atoms with E-state index < -0.39 is 5.91 Å². The zero-order valence-electron chi connectivity index (χ0n) is 13.0. The highest BCUT2D eigenvalue weighted by atomic mass is 32.1. The summed E-state index contributed by atoms with van der Waals surface area (Å²) in [5.41, 5.74) is 6.04. The van der Waals surface area contributed by atoms with Crippen molar-refractivity contribution in [1.29, 1.82) is 0 Å². The van der Waals surface area contributed by atoms with Crippen LogP contribution in [0.4, 0.5) is 4.39 Å². The Bertz CT molecular complexity index is 752. The molecule has 0 spiro atoms. The van der Waals surface area contributed by atoms with Crippen molar-refractivity contribution in [2.24, 2.45) is 5.73 Å². The van der Waals surface area contributed by atoms with Gasteiger partial charge >= 0.3 is 0 Å². The molecule has 0 aliphatic heterocycles. The average molecular weight is 348 g/mol. The predicted octanol–water partition coefficient (Wildman–Crippen LogP) is 2.78. The summed E-state index contributed by atoms with van der Waals surface area (Å²) in [5.74, 6) is 0.00318. The van der Waals surface area contributed by atoms with E-state index in [1.807, 2.05) is 6.92 Å². The molecule has 5 nitrogen and oxygen atoms in total. The molecule has 0 aliphatic rings. The van der Waals surface area contributed by atoms with Gasteiger partial charge < -0.3 is 15.2 Å². The predicted molar refractivity (Wildman–Crippen MR) is 92.6 cm³/mol. The van der Waals surface area contributed by atoms with Crippen molar-refractivity contribution >= 4 is 23.2 Å². The molecule has 2 aromatic carbocycles. The third-order valence-corrected chi connectivity index (χ3v) is 3.19. The van der Waals surface area contributed by atoms with Crippen LogP contribution in [-0.2, 0) is 6.61 Å². The highest BCUT2D eigenvalue weighted by molar-refractivity contribution is 7.80. The summed E-state index contributed by atoms with van der Waals surface area (Å²) in [6, 6.07) is 11.0. The van der Waals surface area contributed by atoms with E-state index in [2.05, 4.69) is 17.5 Å². The van der Waals surface area contributed by atoms with Gasteiger partial charge in [0.05, 0.1) is 6.61 Å². The summed E-state index contributed by atoms with van der Waals surface area (Å²) >= 11 is 4.64. The zero-order valence-corrected chi connectivity index (χ0v) is 13.9. The highest BCUT2D eigenvalue weighted by Gasteiger charge is 2.13. The minimum atomic E-state index is -0.441. The van der Waals surface area contributed by atoms with Crippen molar-refractivity contribution in [3.63, 3.8) is 0 Å². The Hall–Kier alpha value is -2.67. The van der Waals surface area contributed by atoms with Gasteiger partial charge in [0.25, 0.3) is 5.91 Å².